The standard InChI is InChI=1S/C33H53O4P/c1-10-11-12-13-14-15-16-17-18-19-20-35-38(34,37-33(7,8)9)36-31-24-26(3)30(23-27(31)4)32-28(5)21-25(2)22-29(32)6/h21-24H,10-20H2,1-9H3. The number of unbranched alkanes of at least 4 members (excludes halogenated alkanes) is 9. The summed E-state index contributed by atoms with van der Waals surface area (Å²) in [5.41, 5.74) is 7.49. The monoisotopic (exact) mass is 544 g/mol. The molecular formula is C33H53O4P. The Kier molecular flexibility index (Phi) is 13.1. The Bertz CT molecular complexity index is 1040. The molecule has 0 bridgehead atoms. The lowest BCUT2D eigenvalue weighted by Gasteiger charge is -2.27. The van der Waals surface area contributed by atoms with Gasteiger partial charge in [-0.2, -0.15) is 0 Å². The van der Waals surface area contributed by atoms with Crippen molar-refractivity contribution in [2.75, 3.05) is 6.61 Å². The molecule has 0 radical (unpaired) electrons. The molecule has 0 aliphatic rings. The molecule has 0 N–H and O–H groups in total. The zero-order valence-electron chi connectivity index (χ0n) is 25.7. The topological polar surface area (TPSA) is 44.8 Å². The van der Waals surface area contributed by atoms with E-state index in [2.05, 4.69) is 52.8 Å². The summed E-state index contributed by atoms with van der Waals surface area (Å²) in [5, 5.41) is 0. The minimum absolute atomic E-state index is 0.363. The van der Waals surface area contributed by atoms with Gasteiger partial charge in [0, 0.05) is 0 Å². The van der Waals surface area contributed by atoms with Gasteiger partial charge < -0.3 is 4.52 Å². The fraction of sp³-hybridized carbons (Fsp3) is 0.636. The lowest BCUT2D eigenvalue weighted by atomic mass is 9.90. The van der Waals surface area contributed by atoms with E-state index in [1.807, 2.05) is 33.8 Å². The van der Waals surface area contributed by atoms with E-state index in [9.17, 15) is 4.57 Å². The Morgan fingerprint density at radius 1 is 0.684 bits per heavy atom. The molecule has 0 amide bonds. The molecule has 0 fully saturated rings. The number of phosphoric acid groups is 1. The Balaban J connectivity index is 2.04. The second kappa shape index (κ2) is 15.2. The van der Waals surface area contributed by atoms with Crippen LogP contribution in [-0.4, -0.2) is 12.2 Å². The summed E-state index contributed by atoms with van der Waals surface area (Å²) in [5.74, 6) is 0.546. The van der Waals surface area contributed by atoms with Gasteiger partial charge in [0.2, 0.25) is 0 Å². The van der Waals surface area contributed by atoms with Crippen molar-refractivity contribution in [3.63, 3.8) is 0 Å². The molecule has 214 valence electrons. The van der Waals surface area contributed by atoms with E-state index in [0.29, 0.717) is 12.4 Å². The van der Waals surface area contributed by atoms with Crippen LogP contribution in [0, 0.1) is 34.6 Å². The number of hydrogen-bond donors (Lipinski definition) is 0. The molecule has 0 saturated heterocycles. The van der Waals surface area contributed by atoms with Crippen LogP contribution in [-0.2, 0) is 13.6 Å². The van der Waals surface area contributed by atoms with E-state index in [-0.39, 0.29) is 0 Å². The van der Waals surface area contributed by atoms with Gasteiger partial charge in [-0.3, -0.25) is 9.05 Å². The molecule has 2 aromatic rings. The summed E-state index contributed by atoms with van der Waals surface area (Å²) in [7, 11) is -3.80. The average Bonchev–Trinajstić information content (AvgIpc) is 2.78. The fourth-order valence-electron chi connectivity index (χ4n) is 5.06. The second-order valence-electron chi connectivity index (χ2n) is 12.0. The molecule has 2 rings (SSSR count). The van der Waals surface area contributed by atoms with Crippen molar-refractivity contribution in [1.82, 2.24) is 0 Å². The van der Waals surface area contributed by atoms with Crippen molar-refractivity contribution in [3.8, 4) is 16.9 Å². The van der Waals surface area contributed by atoms with Gasteiger partial charge in [0.05, 0.1) is 12.2 Å². The van der Waals surface area contributed by atoms with E-state index in [0.717, 1.165) is 24.0 Å². The highest BCUT2D eigenvalue weighted by Crippen LogP contribution is 2.53. The Labute approximate surface area is 233 Å². The van der Waals surface area contributed by atoms with Crippen LogP contribution in [0.2, 0.25) is 0 Å². The third-order valence-corrected chi connectivity index (χ3v) is 8.50. The highest BCUT2D eigenvalue weighted by atomic mass is 31.2. The van der Waals surface area contributed by atoms with E-state index in [4.69, 9.17) is 13.6 Å². The number of benzene rings is 2. The van der Waals surface area contributed by atoms with Crippen molar-refractivity contribution < 1.29 is 18.1 Å². The van der Waals surface area contributed by atoms with Crippen molar-refractivity contribution in [2.45, 2.75) is 132 Å². The summed E-state index contributed by atoms with van der Waals surface area (Å²) < 4.78 is 31.6. The summed E-state index contributed by atoms with van der Waals surface area (Å²) >= 11 is 0. The highest BCUT2D eigenvalue weighted by molar-refractivity contribution is 7.49. The van der Waals surface area contributed by atoms with Crippen LogP contribution in [0.15, 0.2) is 24.3 Å². The van der Waals surface area contributed by atoms with Gasteiger partial charge in [0.15, 0.2) is 0 Å². The number of hydrogen-bond acceptors (Lipinski definition) is 4. The summed E-state index contributed by atoms with van der Waals surface area (Å²) in [4.78, 5) is 0. The number of phosphoric ester groups is 1. The van der Waals surface area contributed by atoms with Crippen LogP contribution in [0.1, 0.15) is 120 Å². The van der Waals surface area contributed by atoms with E-state index >= 15 is 0 Å². The van der Waals surface area contributed by atoms with Crippen LogP contribution in [0.4, 0.5) is 0 Å². The van der Waals surface area contributed by atoms with Crippen molar-refractivity contribution in [1.29, 1.82) is 0 Å². The quantitative estimate of drug-likeness (QED) is 0.156. The third kappa shape index (κ3) is 10.9. The lowest BCUT2D eigenvalue weighted by molar-refractivity contribution is 0.0649. The van der Waals surface area contributed by atoms with Gasteiger partial charge in [-0.15, -0.1) is 0 Å². The van der Waals surface area contributed by atoms with E-state index in [1.165, 1.54) is 79.2 Å². The predicted molar refractivity (Wildman–Crippen MR) is 162 cm³/mol. The molecular weight excluding hydrogens is 491 g/mol. The van der Waals surface area contributed by atoms with Gasteiger partial charge in [0.25, 0.3) is 0 Å². The van der Waals surface area contributed by atoms with E-state index < -0.39 is 13.4 Å². The van der Waals surface area contributed by atoms with Crippen LogP contribution >= 0.6 is 7.82 Å². The first-order chi connectivity index (χ1) is 17.8. The normalized spacial score (nSPS) is 13.5. The second-order valence-corrected chi connectivity index (χ2v) is 13.5. The lowest BCUT2D eigenvalue weighted by Crippen LogP contribution is -2.20. The molecule has 2 aromatic carbocycles. The van der Waals surface area contributed by atoms with Gasteiger partial charge in [-0.1, -0.05) is 82.4 Å². The highest BCUT2D eigenvalue weighted by Gasteiger charge is 2.35. The SMILES string of the molecule is CCCCCCCCCCCCOP(=O)(Oc1cc(C)c(-c2c(C)cc(C)cc2C)cc1C)OC(C)(C)C. The first kappa shape index (κ1) is 32.6. The molecule has 1 atom stereocenters. The smallest absolute Gasteiger partial charge is 0.404 e. The molecule has 0 heterocycles. The van der Waals surface area contributed by atoms with Crippen molar-refractivity contribution in [3.05, 3.63) is 52.1 Å². The minimum Gasteiger partial charge on any atom is -0.404 e. The van der Waals surface area contributed by atoms with Crippen LogP contribution in [0.3, 0.4) is 0 Å². The molecule has 1 unspecified atom stereocenters. The molecule has 4 nitrogen and oxygen atoms in total. The minimum atomic E-state index is -3.80. The van der Waals surface area contributed by atoms with E-state index in [1.54, 1.807) is 0 Å². The summed E-state index contributed by atoms with van der Waals surface area (Å²) in [6.45, 7) is 18.7. The van der Waals surface area contributed by atoms with Crippen LogP contribution in [0.25, 0.3) is 11.1 Å². The molecule has 0 aliphatic heterocycles. The van der Waals surface area contributed by atoms with Crippen LogP contribution < -0.4 is 4.52 Å². The van der Waals surface area contributed by atoms with Crippen LogP contribution in [0.5, 0.6) is 5.75 Å². The van der Waals surface area contributed by atoms with Crippen molar-refractivity contribution >= 4 is 7.82 Å². The number of aryl methyl sites for hydroxylation is 5. The Morgan fingerprint density at radius 3 is 1.74 bits per heavy atom. The average molecular weight is 545 g/mol. The maximum absolute atomic E-state index is 13.8. The fourth-order valence-corrected chi connectivity index (χ4v) is 6.66. The number of rotatable bonds is 16. The largest absolute Gasteiger partial charge is 0.530 e. The maximum atomic E-state index is 13.8. The van der Waals surface area contributed by atoms with Gasteiger partial charge in [-0.05, 0) is 107 Å². The molecule has 38 heavy (non-hydrogen) atoms. The van der Waals surface area contributed by atoms with Gasteiger partial charge >= 0.3 is 7.82 Å². The van der Waals surface area contributed by atoms with Gasteiger partial charge in [-0.25, -0.2) is 4.57 Å². The zero-order chi connectivity index (χ0) is 28.3. The Morgan fingerprint density at radius 2 is 1.21 bits per heavy atom. The molecule has 0 spiro atoms. The van der Waals surface area contributed by atoms with Crippen molar-refractivity contribution in [2.24, 2.45) is 0 Å². The predicted octanol–water partition coefficient (Wildman–Crippen LogP) is 11.1. The third-order valence-electron chi connectivity index (χ3n) is 6.81. The first-order valence-electron chi connectivity index (χ1n) is 14.7. The Hall–Kier alpha value is -1.61. The summed E-state index contributed by atoms with van der Waals surface area (Å²) in [6, 6.07) is 8.52. The molecule has 5 heteroatoms. The molecule has 0 saturated carbocycles. The zero-order valence-corrected chi connectivity index (χ0v) is 26.6. The first-order valence-corrected chi connectivity index (χ1v) is 16.2. The molecule has 0 aliphatic carbocycles. The van der Waals surface area contributed by atoms with Gasteiger partial charge in [0.1, 0.15) is 5.75 Å². The molecule has 0 aromatic heterocycles. The maximum Gasteiger partial charge on any atom is 0.530 e. The summed E-state index contributed by atoms with van der Waals surface area (Å²) in [6.07, 6.45) is 12.3.